The van der Waals surface area contributed by atoms with E-state index in [1.165, 1.54) is 5.69 Å². The van der Waals surface area contributed by atoms with Crippen LogP contribution in [0.4, 0.5) is 5.69 Å². The number of imidazole rings is 1. The summed E-state index contributed by atoms with van der Waals surface area (Å²) in [6, 6.07) is 16.2. The van der Waals surface area contributed by atoms with Crippen molar-refractivity contribution in [1.82, 2.24) is 14.0 Å². The van der Waals surface area contributed by atoms with Crippen LogP contribution in [-0.2, 0) is 6.67 Å². The minimum absolute atomic E-state index is 0.681. The third kappa shape index (κ3) is 4.37. The average molecular weight is 425 g/mol. The first-order chi connectivity index (χ1) is 14.7. The smallest absolute Gasteiger partial charge is 0.185 e. The average Bonchev–Trinajstić information content (AvgIpc) is 3.15. The SMILES string of the molecule is CCOc1ccccc1N1CCN(Cn2ccn(-c3ccc(OC)cc3)c2=S)CC1. The molecule has 0 amide bonds. The third-order valence-electron chi connectivity index (χ3n) is 5.43. The maximum atomic E-state index is 5.80. The Balaban J connectivity index is 1.40. The van der Waals surface area contributed by atoms with Crippen LogP contribution in [0.1, 0.15) is 6.92 Å². The van der Waals surface area contributed by atoms with Crippen LogP contribution < -0.4 is 14.4 Å². The second kappa shape index (κ2) is 9.36. The zero-order chi connectivity index (χ0) is 20.9. The Morgan fingerprint density at radius 1 is 0.933 bits per heavy atom. The van der Waals surface area contributed by atoms with Gasteiger partial charge in [-0.3, -0.25) is 9.47 Å². The molecule has 2 aromatic carbocycles. The molecule has 1 fully saturated rings. The van der Waals surface area contributed by atoms with E-state index in [9.17, 15) is 0 Å². The van der Waals surface area contributed by atoms with Crippen molar-refractivity contribution in [3.8, 4) is 17.2 Å². The van der Waals surface area contributed by atoms with Crippen molar-refractivity contribution in [2.75, 3.05) is 44.8 Å². The lowest BCUT2D eigenvalue weighted by Crippen LogP contribution is -2.46. The zero-order valence-corrected chi connectivity index (χ0v) is 18.3. The van der Waals surface area contributed by atoms with Gasteiger partial charge in [0.2, 0.25) is 0 Å². The van der Waals surface area contributed by atoms with Crippen molar-refractivity contribution in [3.05, 3.63) is 65.7 Å². The molecule has 0 saturated carbocycles. The van der Waals surface area contributed by atoms with E-state index in [0.717, 1.165) is 54.8 Å². The van der Waals surface area contributed by atoms with E-state index < -0.39 is 0 Å². The molecule has 0 aliphatic carbocycles. The first kappa shape index (κ1) is 20.5. The molecular weight excluding hydrogens is 396 g/mol. The molecule has 6 nitrogen and oxygen atoms in total. The van der Waals surface area contributed by atoms with E-state index in [4.69, 9.17) is 21.7 Å². The van der Waals surface area contributed by atoms with Crippen LogP contribution in [0.15, 0.2) is 60.9 Å². The number of methoxy groups -OCH3 is 1. The van der Waals surface area contributed by atoms with Gasteiger partial charge in [0.15, 0.2) is 4.77 Å². The number of hydrogen-bond acceptors (Lipinski definition) is 5. The fourth-order valence-corrected chi connectivity index (χ4v) is 4.09. The summed E-state index contributed by atoms with van der Waals surface area (Å²) in [4.78, 5) is 4.84. The van der Waals surface area contributed by atoms with Crippen LogP contribution in [0.25, 0.3) is 5.69 Å². The summed E-state index contributed by atoms with van der Waals surface area (Å²) >= 11 is 5.72. The molecule has 1 aliphatic rings. The lowest BCUT2D eigenvalue weighted by molar-refractivity contribution is 0.204. The lowest BCUT2D eigenvalue weighted by Gasteiger charge is -2.36. The second-order valence-electron chi connectivity index (χ2n) is 7.27. The van der Waals surface area contributed by atoms with Gasteiger partial charge in [0.1, 0.15) is 11.5 Å². The fraction of sp³-hybridized carbons (Fsp3) is 0.348. The monoisotopic (exact) mass is 424 g/mol. The topological polar surface area (TPSA) is 34.8 Å². The standard InChI is InChI=1S/C23H28N4O2S/c1-3-29-22-7-5-4-6-21(22)25-14-12-24(13-15-25)18-26-16-17-27(23(26)30)19-8-10-20(28-2)11-9-19/h4-11,16-17H,3,12-15,18H2,1-2H3. The van der Waals surface area contributed by atoms with E-state index >= 15 is 0 Å². The van der Waals surface area contributed by atoms with Crippen molar-refractivity contribution in [1.29, 1.82) is 0 Å². The first-order valence-electron chi connectivity index (χ1n) is 10.3. The molecule has 0 N–H and O–H groups in total. The van der Waals surface area contributed by atoms with Gasteiger partial charge in [0.05, 0.1) is 26.1 Å². The Morgan fingerprint density at radius 3 is 2.37 bits per heavy atom. The molecule has 3 aromatic rings. The van der Waals surface area contributed by atoms with Gasteiger partial charge in [-0.1, -0.05) is 12.1 Å². The highest BCUT2D eigenvalue weighted by Gasteiger charge is 2.20. The van der Waals surface area contributed by atoms with Gasteiger partial charge in [0, 0.05) is 44.3 Å². The molecule has 158 valence electrons. The van der Waals surface area contributed by atoms with Gasteiger partial charge in [-0.2, -0.15) is 0 Å². The lowest BCUT2D eigenvalue weighted by atomic mass is 10.2. The van der Waals surface area contributed by atoms with Gasteiger partial charge >= 0.3 is 0 Å². The predicted molar refractivity (Wildman–Crippen MR) is 123 cm³/mol. The fourth-order valence-electron chi connectivity index (χ4n) is 3.80. The minimum atomic E-state index is 0.681. The molecule has 0 radical (unpaired) electrons. The molecule has 1 aromatic heterocycles. The van der Waals surface area contributed by atoms with Crippen LogP contribution in [0, 0.1) is 4.77 Å². The van der Waals surface area contributed by atoms with Gasteiger partial charge < -0.3 is 18.9 Å². The number of benzene rings is 2. The minimum Gasteiger partial charge on any atom is -0.497 e. The van der Waals surface area contributed by atoms with Gasteiger partial charge in [-0.25, -0.2) is 0 Å². The number of ether oxygens (including phenoxy) is 2. The quantitative estimate of drug-likeness (QED) is 0.531. The molecule has 0 atom stereocenters. The van der Waals surface area contributed by atoms with Crippen molar-refractivity contribution in [2.24, 2.45) is 0 Å². The summed E-state index contributed by atoms with van der Waals surface area (Å²) in [5, 5.41) is 0. The van der Waals surface area contributed by atoms with E-state index in [1.54, 1.807) is 7.11 Å². The Morgan fingerprint density at radius 2 is 1.67 bits per heavy atom. The number of piperazine rings is 1. The maximum Gasteiger partial charge on any atom is 0.185 e. The zero-order valence-electron chi connectivity index (χ0n) is 17.5. The normalized spacial score (nSPS) is 14.7. The summed E-state index contributed by atoms with van der Waals surface area (Å²) in [7, 11) is 1.67. The summed E-state index contributed by atoms with van der Waals surface area (Å²) in [6.45, 7) is 7.40. The molecule has 7 heteroatoms. The number of anilines is 1. The largest absolute Gasteiger partial charge is 0.497 e. The number of rotatable bonds is 7. The molecular formula is C23H28N4O2S. The molecule has 1 aliphatic heterocycles. The van der Waals surface area contributed by atoms with E-state index in [1.807, 2.05) is 54.1 Å². The number of para-hydroxylation sites is 2. The Bertz CT molecular complexity index is 1020. The summed E-state index contributed by atoms with van der Waals surface area (Å²) < 4.78 is 16.0. The van der Waals surface area contributed by atoms with Crippen LogP contribution in [-0.4, -0.2) is 53.9 Å². The number of aromatic nitrogens is 2. The second-order valence-corrected chi connectivity index (χ2v) is 7.63. The van der Waals surface area contributed by atoms with Crippen LogP contribution in [0.5, 0.6) is 11.5 Å². The molecule has 0 unspecified atom stereocenters. The number of nitrogens with zero attached hydrogens (tertiary/aromatic N) is 4. The molecule has 0 spiro atoms. The van der Waals surface area contributed by atoms with E-state index in [0.29, 0.717) is 6.61 Å². The predicted octanol–water partition coefficient (Wildman–Crippen LogP) is 4.20. The van der Waals surface area contributed by atoms with E-state index in [2.05, 4.69) is 32.7 Å². The Hall–Kier alpha value is -2.77. The molecule has 1 saturated heterocycles. The van der Waals surface area contributed by atoms with Crippen molar-refractivity contribution in [2.45, 2.75) is 13.6 Å². The number of hydrogen-bond donors (Lipinski definition) is 0. The van der Waals surface area contributed by atoms with Crippen molar-refractivity contribution in [3.63, 3.8) is 0 Å². The van der Waals surface area contributed by atoms with Crippen LogP contribution >= 0.6 is 12.2 Å². The molecule has 4 rings (SSSR count). The maximum absolute atomic E-state index is 5.80. The summed E-state index contributed by atoms with van der Waals surface area (Å²) in [6.07, 6.45) is 4.09. The molecule has 30 heavy (non-hydrogen) atoms. The van der Waals surface area contributed by atoms with Gasteiger partial charge in [-0.15, -0.1) is 0 Å². The van der Waals surface area contributed by atoms with Crippen LogP contribution in [0.3, 0.4) is 0 Å². The highest BCUT2D eigenvalue weighted by Crippen LogP contribution is 2.29. The first-order valence-corrected chi connectivity index (χ1v) is 10.7. The van der Waals surface area contributed by atoms with Gasteiger partial charge in [0.25, 0.3) is 0 Å². The van der Waals surface area contributed by atoms with Crippen LogP contribution in [0.2, 0.25) is 0 Å². The Labute approximate surface area is 182 Å². The highest BCUT2D eigenvalue weighted by atomic mass is 32.1. The summed E-state index contributed by atoms with van der Waals surface area (Å²) in [5.74, 6) is 1.81. The van der Waals surface area contributed by atoms with Crippen molar-refractivity contribution >= 4 is 17.9 Å². The third-order valence-corrected chi connectivity index (χ3v) is 5.86. The Kier molecular flexibility index (Phi) is 6.40. The summed E-state index contributed by atoms with van der Waals surface area (Å²) in [5.41, 5.74) is 2.22. The molecule has 2 heterocycles. The van der Waals surface area contributed by atoms with E-state index in [-0.39, 0.29) is 0 Å². The highest BCUT2D eigenvalue weighted by molar-refractivity contribution is 7.71. The van der Waals surface area contributed by atoms with Gasteiger partial charge in [-0.05, 0) is 55.5 Å². The van der Waals surface area contributed by atoms with Crippen molar-refractivity contribution < 1.29 is 9.47 Å². The molecule has 0 bridgehead atoms.